The molecule has 1 amide bonds. The maximum Gasteiger partial charge on any atom is 0.240 e. The summed E-state index contributed by atoms with van der Waals surface area (Å²) in [5.74, 6) is -0.481. The molecule has 0 rings (SSSR count). The van der Waals surface area contributed by atoms with E-state index in [0.717, 1.165) is 6.08 Å². The second-order valence-electron chi connectivity index (χ2n) is 0.606. The minimum absolute atomic E-state index is 0. The molecule has 52 valence electrons. The quantitative estimate of drug-likeness (QED) is 0.474. The minimum Gasteiger partial charge on any atom is -0.366 e. The van der Waals surface area contributed by atoms with Gasteiger partial charge in [-0.15, -0.1) is 71.9 Å². The average Bonchev–Trinajstić information content (AvgIpc) is 1.38. The lowest BCUT2D eigenvalue weighted by Crippen LogP contribution is -2.04. The Hall–Kier alpha value is 1.40. The van der Waals surface area contributed by atoms with Crippen molar-refractivity contribution < 1.29 is 4.79 Å². The third-order valence-electron chi connectivity index (χ3n) is 0.201. The lowest BCUT2D eigenvalue weighted by molar-refractivity contribution is -0.113. The van der Waals surface area contributed by atoms with Gasteiger partial charge in [-0.2, -0.15) is 0 Å². The van der Waals surface area contributed by atoms with E-state index in [2.05, 4.69) is 12.3 Å². The maximum atomic E-state index is 9.47. The van der Waals surface area contributed by atoms with Crippen LogP contribution in [0.4, 0.5) is 0 Å². The first kappa shape index (κ1) is 22.7. The normalized spacial score (nSPS) is 4.00. The second kappa shape index (κ2) is 15.8. The van der Waals surface area contributed by atoms with Gasteiger partial charge in [0.05, 0.1) is 0 Å². The van der Waals surface area contributed by atoms with E-state index in [0.29, 0.717) is 0 Å². The number of nitrogens with two attached hydrogens (primary N) is 1. The van der Waals surface area contributed by atoms with E-state index >= 15 is 0 Å². The molecule has 8 heavy (non-hydrogen) atoms. The van der Waals surface area contributed by atoms with Crippen molar-refractivity contribution in [3.05, 3.63) is 12.7 Å². The number of primary amides is 1. The van der Waals surface area contributed by atoms with Gasteiger partial charge < -0.3 is 5.73 Å². The van der Waals surface area contributed by atoms with E-state index in [1.165, 1.54) is 0 Å². The average molecular weight is 455 g/mol. The molecule has 0 aliphatic heterocycles. The maximum absolute atomic E-state index is 9.47. The Morgan fingerprint density at radius 2 is 1.50 bits per heavy atom. The third kappa shape index (κ3) is 26.2. The van der Waals surface area contributed by atoms with Crippen LogP contribution in [-0.2, 0) is 4.79 Å². The molecule has 0 aromatic heterocycles. The molecule has 0 atom stereocenters. The van der Waals surface area contributed by atoms with Crippen LogP contribution >= 0.6 is 71.9 Å². The van der Waals surface area contributed by atoms with E-state index in [1.807, 2.05) is 0 Å². The van der Waals surface area contributed by atoms with Gasteiger partial charge in [0.2, 0.25) is 5.91 Å². The van der Waals surface area contributed by atoms with Crippen molar-refractivity contribution in [1.29, 1.82) is 0 Å². The van der Waals surface area contributed by atoms with E-state index in [4.69, 9.17) is 0 Å². The first-order valence-electron chi connectivity index (χ1n) is 1.19. The Kier molecular flexibility index (Phi) is 44.9. The summed E-state index contributed by atoms with van der Waals surface area (Å²) in [6, 6.07) is 0. The van der Waals surface area contributed by atoms with Crippen molar-refractivity contribution in [3.63, 3.8) is 0 Å². The largest absolute Gasteiger partial charge is 0.366 e. The van der Waals surface area contributed by atoms with Gasteiger partial charge in [0.1, 0.15) is 0 Å². The highest BCUT2D eigenvalue weighted by atomic mass is 127. The number of halogens is 3. The van der Waals surface area contributed by atoms with Crippen molar-refractivity contribution >= 4 is 77.8 Å². The van der Waals surface area contributed by atoms with E-state index < -0.39 is 5.91 Å². The molecule has 2 N–H and O–H groups in total. The van der Waals surface area contributed by atoms with E-state index in [9.17, 15) is 4.79 Å². The van der Waals surface area contributed by atoms with Gasteiger partial charge in [0.15, 0.2) is 0 Å². The number of carbonyl (C=O) groups is 1. The van der Waals surface area contributed by atoms with Crippen molar-refractivity contribution in [2.45, 2.75) is 0 Å². The Morgan fingerprint density at radius 3 is 1.50 bits per heavy atom. The molecule has 0 saturated carbocycles. The zero-order valence-corrected chi connectivity index (χ0v) is 11.0. The molecule has 0 aromatic carbocycles. The lowest BCUT2D eigenvalue weighted by Gasteiger charge is -1.65. The first-order chi connectivity index (χ1) is 2.27. The highest BCUT2D eigenvalue weighted by molar-refractivity contribution is 14.0. The summed E-state index contributed by atoms with van der Waals surface area (Å²) in [6.07, 6.45) is 1.06. The topological polar surface area (TPSA) is 43.1 Å². The summed E-state index contributed by atoms with van der Waals surface area (Å²) in [5, 5.41) is 0. The molecule has 2 nitrogen and oxygen atoms in total. The van der Waals surface area contributed by atoms with Crippen molar-refractivity contribution in [1.82, 2.24) is 0 Å². The molecule has 0 radical (unpaired) electrons. The summed E-state index contributed by atoms with van der Waals surface area (Å²) < 4.78 is 0. The summed E-state index contributed by atoms with van der Waals surface area (Å²) in [6.45, 7) is 3.09. The van der Waals surface area contributed by atoms with Crippen LogP contribution in [0.3, 0.4) is 0 Å². The number of hydrogen-bond donors (Lipinski definition) is 1. The Balaban J connectivity index is -0.0000000267. The highest BCUT2D eigenvalue weighted by Gasteiger charge is 1.69. The third-order valence-corrected chi connectivity index (χ3v) is 0.201. The fourth-order valence-electron chi connectivity index (χ4n) is 0. The molecule has 0 heterocycles. The van der Waals surface area contributed by atoms with Gasteiger partial charge in [-0.25, -0.2) is 0 Å². The molecular weight excluding hydrogens is 447 g/mol. The Morgan fingerprint density at radius 1 is 1.38 bits per heavy atom. The predicted octanol–water partition coefficient (Wildman–Crippen LogP) is 1.51. The fraction of sp³-hybridized carbons (Fsp3) is 0. The standard InChI is InChI=1S/C3H5NO.3HI/c1-2-3(4)5;;;/h2H,1H2,(H2,4,5);3*1H. The zero-order chi connectivity index (χ0) is 4.28. The number of rotatable bonds is 1. The summed E-state index contributed by atoms with van der Waals surface area (Å²) in [5.41, 5.74) is 4.53. The molecule has 5 heteroatoms. The van der Waals surface area contributed by atoms with Crippen LogP contribution in [0.15, 0.2) is 12.7 Å². The van der Waals surface area contributed by atoms with Crippen molar-refractivity contribution in [2.24, 2.45) is 5.73 Å². The van der Waals surface area contributed by atoms with Crippen LogP contribution in [0.2, 0.25) is 0 Å². The SMILES string of the molecule is C=CC(N)=O.I.I.I. The monoisotopic (exact) mass is 455 g/mol. The van der Waals surface area contributed by atoms with Gasteiger partial charge in [0.25, 0.3) is 0 Å². The highest BCUT2D eigenvalue weighted by Crippen LogP contribution is 1.48. The van der Waals surface area contributed by atoms with Gasteiger partial charge in [-0.3, -0.25) is 4.79 Å². The Labute approximate surface area is 99.7 Å². The van der Waals surface area contributed by atoms with Crippen molar-refractivity contribution in [3.8, 4) is 0 Å². The van der Waals surface area contributed by atoms with Gasteiger partial charge >= 0.3 is 0 Å². The molecular formula is C3H8I3NO. The van der Waals surface area contributed by atoms with Crippen LogP contribution < -0.4 is 5.73 Å². The fourth-order valence-corrected chi connectivity index (χ4v) is 0. The van der Waals surface area contributed by atoms with Crippen LogP contribution in [0.5, 0.6) is 0 Å². The molecule has 0 aliphatic carbocycles. The first-order valence-corrected chi connectivity index (χ1v) is 1.19. The van der Waals surface area contributed by atoms with Gasteiger partial charge in [-0.05, 0) is 6.08 Å². The summed E-state index contributed by atoms with van der Waals surface area (Å²) in [7, 11) is 0. The molecule has 0 aromatic rings. The van der Waals surface area contributed by atoms with Crippen LogP contribution in [0.25, 0.3) is 0 Å². The molecule has 0 fully saturated rings. The number of carbonyl (C=O) groups excluding carboxylic acids is 1. The lowest BCUT2D eigenvalue weighted by atomic mass is 10.6. The van der Waals surface area contributed by atoms with E-state index in [1.54, 1.807) is 0 Å². The number of amides is 1. The molecule has 0 saturated heterocycles. The zero-order valence-electron chi connectivity index (χ0n) is 3.99. The molecule has 0 unspecified atom stereocenters. The molecule has 0 spiro atoms. The minimum atomic E-state index is -0.481. The Bertz CT molecular complexity index is 65.5. The van der Waals surface area contributed by atoms with Gasteiger partial charge in [-0.1, -0.05) is 6.58 Å². The predicted molar refractivity (Wildman–Crippen MR) is 65.6 cm³/mol. The van der Waals surface area contributed by atoms with Crippen LogP contribution in [0.1, 0.15) is 0 Å². The van der Waals surface area contributed by atoms with E-state index in [-0.39, 0.29) is 71.9 Å². The number of hydrogen-bond acceptors (Lipinski definition) is 1. The van der Waals surface area contributed by atoms with Crippen molar-refractivity contribution in [2.75, 3.05) is 0 Å². The molecule has 0 bridgehead atoms. The summed E-state index contributed by atoms with van der Waals surface area (Å²) in [4.78, 5) is 9.47. The van der Waals surface area contributed by atoms with Gasteiger partial charge in [0, 0.05) is 0 Å². The smallest absolute Gasteiger partial charge is 0.240 e. The second-order valence-corrected chi connectivity index (χ2v) is 0.606. The van der Waals surface area contributed by atoms with Crippen LogP contribution in [0, 0.1) is 0 Å². The summed E-state index contributed by atoms with van der Waals surface area (Å²) >= 11 is 0. The van der Waals surface area contributed by atoms with Crippen LogP contribution in [-0.4, -0.2) is 5.91 Å². The molecule has 0 aliphatic rings.